The summed E-state index contributed by atoms with van der Waals surface area (Å²) in [5, 5.41) is 0. The predicted molar refractivity (Wildman–Crippen MR) is 137 cm³/mol. The van der Waals surface area contributed by atoms with Gasteiger partial charge in [0.2, 0.25) is 0 Å². The Labute approximate surface area is 226 Å². The molecule has 0 bridgehead atoms. The Kier molecular flexibility index (Phi) is 8.68. The van der Waals surface area contributed by atoms with E-state index in [4.69, 9.17) is 9.47 Å². The first-order valence-electron chi connectivity index (χ1n) is 12.1. The van der Waals surface area contributed by atoms with Crippen LogP contribution in [0.1, 0.15) is 26.7 Å². The molecule has 0 radical (unpaired) electrons. The van der Waals surface area contributed by atoms with Crippen molar-refractivity contribution in [1.29, 1.82) is 0 Å². The first-order valence-corrected chi connectivity index (χ1v) is 15.3. The van der Waals surface area contributed by atoms with E-state index in [2.05, 4.69) is 0 Å². The van der Waals surface area contributed by atoms with Crippen molar-refractivity contribution >= 4 is 19.7 Å². The predicted octanol–water partition coefficient (Wildman–Crippen LogP) is 6.00. The second-order valence-corrected chi connectivity index (χ2v) is 14.6. The first kappa shape index (κ1) is 28.3. The van der Waals surface area contributed by atoms with Crippen LogP contribution in [-0.4, -0.2) is 11.9 Å². The van der Waals surface area contributed by atoms with E-state index in [1.165, 1.54) is 12.2 Å². The molecule has 0 amide bonds. The molecular formula is C30H24F4O4Ti. The van der Waals surface area contributed by atoms with Gasteiger partial charge in [-0.2, -0.15) is 0 Å². The van der Waals surface area contributed by atoms with Gasteiger partial charge in [-0.15, -0.1) is 0 Å². The molecule has 2 aromatic carbocycles. The third-order valence-electron chi connectivity index (χ3n) is 6.39. The molecule has 39 heavy (non-hydrogen) atoms. The van der Waals surface area contributed by atoms with Crippen molar-refractivity contribution < 1.29 is 53.2 Å². The van der Waals surface area contributed by atoms with Crippen LogP contribution in [0.4, 0.5) is 17.6 Å². The minimum absolute atomic E-state index is 0.195. The fourth-order valence-corrected chi connectivity index (χ4v) is 13.1. The Bertz CT molecular complexity index is 1400. The molecule has 2 aliphatic carbocycles. The van der Waals surface area contributed by atoms with Crippen molar-refractivity contribution in [2.45, 2.75) is 26.7 Å². The molecule has 0 unspecified atom stereocenters. The summed E-state index contributed by atoms with van der Waals surface area (Å²) in [5.41, 5.74) is 0. The second kappa shape index (κ2) is 12.0. The van der Waals surface area contributed by atoms with Gasteiger partial charge in [0.15, 0.2) is 0 Å². The second-order valence-electron chi connectivity index (χ2n) is 8.71. The zero-order valence-corrected chi connectivity index (χ0v) is 22.7. The maximum atomic E-state index is 16.4. The summed E-state index contributed by atoms with van der Waals surface area (Å²) in [6.07, 6.45) is 15.3. The van der Waals surface area contributed by atoms with Gasteiger partial charge in [-0.3, -0.25) is 0 Å². The first-order chi connectivity index (χ1) is 18.7. The summed E-state index contributed by atoms with van der Waals surface area (Å²) >= 11 is -5.16. The number of allylic oxidation sites excluding steroid dienone is 10. The number of halogens is 4. The van der Waals surface area contributed by atoms with Gasteiger partial charge in [0.05, 0.1) is 0 Å². The van der Waals surface area contributed by atoms with Crippen LogP contribution in [0.3, 0.4) is 0 Å². The van der Waals surface area contributed by atoms with Gasteiger partial charge in [0.1, 0.15) is 0 Å². The molecule has 2 aliphatic rings. The molecule has 0 atom stereocenters. The van der Waals surface area contributed by atoms with Gasteiger partial charge < -0.3 is 0 Å². The molecule has 0 aromatic heterocycles. The summed E-state index contributed by atoms with van der Waals surface area (Å²) in [7, 11) is 0. The Hall–Kier alpha value is -3.75. The normalized spacial score (nSPS) is 14.8. The average molecular weight is 572 g/mol. The van der Waals surface area contributed by atoms with E-state index in [1.54, 1.807) is 50.3 Å². The summed E-state index contributed by atoms with van der Waals surface area (Å²) < 4.78 is 74.6. The molecule has 0 saturated heterocycles. The van der Waals surface area contributed by atoms with Crippen LogP contribution in [0.15, 0.2) is 92.8 Å². The van der Waals surface area contributed by atoms with Gasteiger partial charge in [0.25, 0.3) is 0 Å². The van der Waals surface area contributed by atoms with E-state index in [0.717, 1.165) is 36.4 Å². The van der Waals surface area contributed by atoms with Gasteiger partial charge in [-0.25, -0.2) is 0 Å². The van der Waals surface area contributed by atoms with Crippen LogP contribution in [-0.2, 0) is 26.2 Å². The van der Waals surface area contributed by atoms with E-state index < -0.39 is 71.0 Å². The Balaban J connectivity index is 2.10. The number of esters is 2. The summed E-state index contributed by atoms with van der Waals surface area (Å²) in [6, 6.07) is 3.78. The van der Waals surface area contributed by atoms with E-state index >= 15 is 17.6 Å². The Morgan fingerprint density at radius 3 is 1.46 bits per heavy atom. The third-order valence-corrected chi connectivity index (χ3v) is 14.3. The number of hydrogen-bond acceptors (Lipinski definition) is 4. The van der Waals surface area contributed by atoms with Gasteiger partial charge >= 0.3 is 227 Å². The average Bonchev–Trinajstić information content (AvgIpc) is 3.62. The van der Waals surface area contributed by atoms with Crippen molar-refractivity contribution in [3.05, 3.63) is 116 Å². The number of rotatable bonds is 8. The van der Waals surface area contributed by atoms with Crippen LogP contribution in [0.5, 0.6) is 11.5 Å². The zero-order chi connectivity index (χ0) is 28.2. The van der Waals surface area contributed by atoms with Crippen LogP contribution >= 0.6 is 0 Å². The topological polar surface area (TPSA) is 52.6 Å². The summed E-state index contributed by atoms with van der Waals surface area (Å²) in [6.45, 7) is 3.13. The molecule has 0 spiro atoms. The molecule has 0 N–H and O–H groups in total. The SMILES string of the molecule is CC=CC(=O)Oc1ccc(F)[c]([Ti]([C]2=CC=CC2)([C]2=CC=CC2)[c]2c(F)ccc(OC(=O)C=CC)c2F)c1F. The van der Waals surface area contributed by atoms with E-state index in [9.17, 15) is 9.59 Å². The Morgan fingerprint density at radius 1 is 0.718 bits per heavy atom. The van der Waals surface area contributed by atoms with Crippen molar-refractivity contribution in [3.8, 4) is 11.5 Å². The Morgan fingerprint density at radius 2 is 1.13 bits per heavy atom. The monoisotopic (exact) mass is 572 g/mol. The van der Waals surface area contributed by atoms with Gasteiger partial charge in [-0.05, 0) is 0 Å². The fraction of sp³-hybridized carbons (Fsp3) is 0.133. The van der Waals surface area contributed by atoms with Crippen molar-refractivity contribution in [2.24, 2.45) is 0 Å². The maximum absolute atomic E-state index is 16.4. The molecule has 2 aromatic rings. The molecule has 0 aliphatic heterocycles. The molecule has 4 nitrogen and oxygen atoms in total. The number of carbonyl (C=O) groups excluding carboxylic acids is 2. The zero-order valence-electron chi connectivity index (χ0n) is 21.1. The molecule has 0 saturated carbocycles. The van der Waals surface area contributed by atoms with E-state index in [1.807, 2.05) is 0 Å². The molecule has 4 rings (SSSR count). The summed E-state index contributed by atoms with van der Waals surface area (Å²) in [4.78, 5) is 24.3. The third kappa shape index (κ3) is 5.27. The number of hydrogen-bond donors (Lipinski definition) is 0. The van der Waals surface area contributed by atoms with Crippen molar-refractivity contribution in [1.82, 2.24) is 0 Å². The molecule has 9 heteroatoms. The number of benzene rings is 2. The minimum atomic E-state index is -5.16. The van der Waals surface area contributed by atoms with Crippen LogP contribution in [0.2, 0.25) is 0 Å². The standard InChI is InChI=1S/2C10H7F2O2.2C5H5.Ti/c2*1-2-3-10(13)14-9-5-4-7(11)6-8(9)12;2*1-2-4-5-3-1;/h2*2-5H,1H3;2*1-3H,4H2;. The number of carbonyl (C=O) groups is 2. The van der Waals surface area contributed by atoms with Crippen LogP contribution < -0.4 is 17.2 Å². The quantitative estimate of drug-likeness (QED) is 0.128. The number of ether oxygens (including phenoxy) is 2. The van der Waals surface area contributed by atoms with Crippen molar-refractivity contribution in [2.75, 3.05) is 0 Å². The molecule has 200 valence electrons. The molecule has 0 fully saturated rings. The molecular weight excluding hydrogens is 548 g/mol. The van der Waals surface area contributed by atoms with Crippen LogP contribution in [0, 0.1) is 23.3 Å². The van der Waals surface area contributed by atoms with Crippen LogP contribution in [0.25, 0.3) is 0 Å². The van der Waals surface area contributed by atoms with Crippen molar-refractivity contribution in [3.63, 3.8) is 0 Å². The van der Waals surface area contributed by atoms with Gasteiger partial charge in [0, 0.05) is 0 Å². The van der Waals surface area contributed by atoms with E-state index in [0.29, 0.717) is 7.76 Å². The fourth-order valence-electron chi connectivity index (χ4n) is 4.89. The molecule has 0 heterocycles. The summed E-state index contributed by atoms with van der Waals surface area (Å²) in [5.74, 6) is -7.44. The van der Waals surface area contributed by atoms with E-state index in [-0.39, 0.29) is 12.8 Å². The van der Waals surface area contributed by atoms with Gasteiger partial charge in [-0.1, -0.05) is 0 Å².